The lowest BCUT2D eigenvalue weighted by Crippen LogP contribution is -2.21. The van der Waals surface area contributed by atoms with Crippen LogP contribution >= 0.6 is 0 Å². The van der Waals surface area contributed by atoms with Crippen LogP contribution < -0.4 is 0 Å². The molecule has 0 aliphatic carbocycles. The van der Waals surface area contributed by atoms with Gasteiger partial charge < -0.3 is 9.47 Å². The summed E-state index contributed by atoms with van der Waals surface area (Å²) in [5, 5.41) is 0. The van der Waals surface area contributed by atoms with E-state index >= 15 is 0 Å². The molecule has 0 fully saturated rings. The van der Waals surface area contributed by atoms with Crippen LogP contribution in [-0.2, 0) is 9.47 Å². The predicted octanol–water partition coefficient (Wildman–Crippen LogP) is 1.68. The molecule has 0 bridgehead atoms. The Bertz CT molecular complexity index is 393. The monoisotopic (exact) mass is 238 g/mol. The van der Waals surface area contributed by atoms with Gasteiger partial charge in [0.1, 0.15) is 11.9 Å². The highest BCUT2D eigenvalue weighted by molar-refractivity contribution is 5.90. The third-order valence-electron chi connectivity index (χ3n) is 2.18. The van der Waals surface area contributed by atoms with Crippen LogP contribution in [0, 0.1) is 13.8 Å². The van der Waals surface area contributed by atoms with Gasteiger partial charge in [-0.2, -0.15) is 0 Å². The number of aryl methyl sites for hydroxylation is 2. The fraction of sp³-hybridized carbons (Fsp3) is 0.583. The molecule has 0 aliphatic heterocycles. The van der Waals surface area contributed by atoms with Crippen LogP contribution in [0.5, 0.6) is 0 Å². The van der Waals surface area contributed by atoms with Crippen molar-refractivity contribution in [3.05, 3.63) is 23.3 Å². The summed E-state index contributed by atoms with van der Waals surface area (Å²) in [6, 6.07) is 0. The Morgan fingerprint density at radius 1 is 1.47 bits per heavy atom. The molecule has 5 nitrogen and oxygen atoms in total. The van der Waals surface area contributed by atoms with Gasteiger partial charge in [-0.05, 0) is 27.7 Å². The predicted molar refractivity (Wildman–Crippen MR) is 62.9 cm³/mol. The maximum atomic E-state index is 11.8. The first-order valence-electron chi connectivity index (χ1n) is 5.63. The summed E-state index contributed by atoms with van der Waals surface area (Å²) in [7, 11) is 0. The summed E-state index contributed by atoms with van der Waals surface area (Å²) < 4.78 is 10.4. The molecule has 0 saturated heterocycles. The van der Waals surface area contributed by atoms with E-state index in [0.717, 1.165) is 0 Å². The van der Waals surface area contributed by atoms with Crippen molar-refractivity contribution in [2.75, 3.05) is 13.2 Å². The number of hydrogen-bond acceptors (Lipinski definition) is 5. The lowest BCUT2D eigenvalue weighted by molar-refractivity contribution is 0.00424. The Morgan fingerprint density at radius 2 is 2.18 bits per heavy atom. The van der Waals surface area contributed by atoms with Crippen molar-refractivity contribution in [2.24, 2.45) is 0 Å². The van der Waals surface area contributed by atoms with Crippen LogP contribution in [0.2, 0.25) is 0 Å². The van der Waals surface area contributed by atoms with E-state index in [1.807, 2.05) is 6.92 Å². The molecule has 1 atom stereocenters. The van der Waals surface area contributed by atoms with E-state index in [1.54, 1.807) is 20.8 Å². The van der Waals surface area contributed by atoms with E-state index in [4.69, 9.17) is 9.47 Å². The minimum atomic E-state index is -0.408. The Kier molecular flexibility index (Phi) is 5.03. The van der Waals surface area contributed by atoms with Gasteiger partial charge in [0, 0.05) is 12.8 Å². The Morgan fingerprint density at radius 3 is 2.76 bits per heavy atom. The fourth-order valence-corrected chi connectivity index (χ4v) is 1.35. The molecule has 94 valence electrons. The molecule has 0 aliphatic rings. The highest BCUT2D eigenvalue weighted by Crippen LogP contribution is 2.07. The van der Waals surface area contributed by atoms with E-state index < -0.39 is 5.97 Å². The summed E-state index contributed by atoms with van der Waals surface area (Å²) >= 11 is 0. The van der Waals surface area contributed by atoms with E-state index in [-0.39, 0.29) is 6.10 Å². The third kappa shape index (κ3) is 4.11. The van der Waals surface area contributed by atoms with Crippen LogP contribution in [0.1, 0.15) is 35.7 Å². The molecule has 0 N–H and O–H groups in total. The average molecular weight is 238 g/mol. The van der Waals surface area contributed by atoms with Crippen molar-refractivity contribution in [2.45, 2.75) is 33.8 Å². The smallest absolute Gasteiger partial charge is 0.341 e. The number of aromatic nitrogens is 2. The topological polar surface area (TPSA) is 61.3 Å². The average Bonchev–Trinajstić information content (AvgIpc) is 2.26. The van der Waals surface area contributed by atoms with Gasteiger partial charge in [-0.15, -0.1) is 0 Å². The van der Waals surface area contributed by atoms with Gasteiger partial charge in [-0.1, -0.05) is 0 Å². The van der Waals surface area contributed by atoms with E-state index in [0.29, 0.717) is 30.3 Å². The molecular weight excluding hydrogens is 220 g/mol. The lowest BCUT2D eigenvalue weighted by atomic mass is 10.2. The molecule has 0 aromatic carbocycles. The molecule has 0 unspecified atom stereocenters. The number of carbonyl (C=O) groups is 1. The number of esters is 1. The second-order valence-electron chi connectivity index (χ2n) is 3.79. The van der Waals surface area contributed by atoms with Gasteiger partial charge >= 0.3 is 5.97 Å². The molecule has 0 spiro atoms. The Balaban J connectivity index is 2.63. The minimum Gasteiger partial charge on any atom is -0.457 e. The molecule has 0 radical (unpaired) electrons. The maximum Gasteiger partial charge on any atom is 0.341 e. The third-order valence-corrected chi connectivity index (χ3v) is 2.18. The summed E-state index contributed by atoms with van der Waals surface area (Å²) in [5.74, 6) is 0.233. The van der Waals surface area contributed by atoms with E-state index in [9.17, 15) is 4.79 Å². The zero-order valence-corrected chi connectivity index (χ0v) is 10.7. The van der Waals surface area contributed by atoms with E-state index in [2.05, 4.69) is 9.97 Å². The van der Waals surface area contributed by atoms with Gasteiger partial charge in [0.15, 0.2) is 0 Å². The van der Waals surface area contributed by atoms with Crippen molar-refractivity contribution in [3.63, 3.8) is 0 Å². The normalized spacial score (nSPS) is 12.2. The minimum absolute atomic E-state index is 0.275. The van der Waals surface area contributed by atoms with Crippen LogP contribution in [0.3, 0.4) is 0 Å². The highest BCUT2D eigenvalue weighted by atomic mass is 16.6. The zero-order chi connectivity index (χ0) is 12.8. The molecule has 0 saturated carbocycles. The van der Waals surface area contributed by atoms with E-state index in [1.165, 1.54) is 6.20 Å². The van der Waals surface area contributed by atoms with Crippen LogP contribution in [0.4, 0.5) is 0 Å². The first-order chi connectivity index (χ1) is 8.04. The molecule has 1 aromatic rings. The van der Waals surface area contributed by atoms with Crippen LogP contribution in [0.15, 0.2) is 6.20 Å². The standard InChI is InChI=1S/C12H18N2O3/c1-5-16-7-8(2)17-12(15)11-6-13-10(4)14-9(11)3/h6,8H,5,7H2,1-4H3/t8-/m1/s1. The second kappa shape index (κ2) is 6.30. The van der Waals surface area contributed by atoms with Crippen LogP contribution in [-0.4, -0.2) is 35.3 Å². The number of ether oxygens (including phenoxy) is 2. The molecule has 0 amide bonds. The van der Waals surface area contributed by atoms with Gasteiger partial charge in [0.05, 0.1) is 17.9 Å². The molecule has 17 heavy (non-hydrogen) atoms. The molecular formula is C12H18N2O3. The first-order valence-corrected chi connectivity index (χ1v) is 5.63. The van der Waals surface area contributed by atoms with Crippen molar-refractivity contribution in [1.29, 1.82) is 0 Å². The van der Waals surface area contributed by atoms with Crippen molar-refractivity contribution in [3.8, 4) is 0 Å². The summed E-state index contributed by atoms with van der Waals surface area (Å²) in [4.78, 5) is 19.9. The highest BCUT2D eigenvalue weighted by Gasteiger charge is 2.15. The fourth-order valence-electron chi connectivity index (χ4n) is 1.35. The van der Waals surface area contributed by atoms with Gasteiger partial charge in [-0.25, -0.2) is 14.8 Å². The number of nitrogens with zero attached hydrogens (tertiary/aromatic N) is 2. The van der Waals surface area contributed by atoms with Crippen molar-refractivity contribution >= 4 is 5.97 Å². The maximum absolute atomic E-state index is 11.8. The number of carbonyl (C=O) groups excluding carboxylic acids is 1. The Labute approximate surface area is 101 Å². The molecule has 1 aromatic heterocycles. The summed E-state index contributed by atoms with van der Waals surface area (Å²) in [5.41, 5.74) is 1.03. The van der Waals surface area contributed by atoms with Crippen LogP contribution in [0.25, 0.3) is 0 Å². The molecule has 1 rings (SSSR count). The van der Waals surface area contributed by atoms with Gasteiger partial charge in [0.2, 0.25) is 0 Å². The number of hydrogen-bond donors (Lipinski definition) is 0. The van der Waals surface area contributed by atoms with Crippen molar-refractivity contribution in [1.82, 2.24) is 9.97 Å². The van der Waals surface area contributed by atoms with Gasteiger partial charge in [0.25, 0.3) is 0 Å². The SMILES string of the molecule is CCOC[C@@H](C)OC(=O)c1cnc(C)nc1C. The molecule has 1 heterocycles. The molecule has 5 heteroatoms. The first kappa shape index (κ1) is 13.6. The van der Waals surface area contributed by atoms with Crippen molar-refractivity contribution < 1.29 is 14.3 Å². The number of rotatable bonds is 5. The quantitative estimate of drug-likeness (QED) is 0.730. The van der Waals surface area contributed by atoms with Gasteiger partial charge in [-0.3, -0.25) is 0 Å². The lowest BCUT2D eigenvalue weighted by Gasteiger charge is -2.13. The summed E-state index contributed by atoms with van der Waals surface area (Å²) in [6.45, 7) is 8.23. The zero-order valence-electron chi connectivity index (χ0n) is 10.7. The second-order valence-corrected chi connectivity index (χ2v) is 3.79. The summed E-state index contributed by atoms with van der Waals surface area (Å²) in [6.07, 6.45) is 1.22. The Hall–Kier alpha value is -1.49. The largest absolute Gasteiger partial charge is 0.457 e.